The van der Waals surface area contributed by atoms with Crippen molar-refractivity contribution < 1.29 is 61.4 Å². The van der Waals surface area contributed by atoms with Gasteiger partial charge in [-0.3, -0.25) is 29.0 Å². The van der Waals surface area contributed by atoms with E-state index in [-0.39, 0.29) is 30.0 Å². The van der Waals surface area contributed by atoms with Crippen LogP contribution in [0.2, 0.25) is 0 Å². The van der Waals surface area contributed by atoms with Gasteiger partial charge >= 0.3 is 40.9 Å². The molecule has 4 N–H and O–H groups in total. The Morgan fingerprint density at radius 3 is 1.63 bits per heavy atom. The van der Waals surface area contributed by atoms with E-state index in [0.717, 1.165) is 10.5 Å². The number of carboxylic acids is 4. The first kappa shape index (κ1) is 27.3. The van der Waals surface area contributed by atoms with Gasteiger partial charge in [-0.15, -0.1) is 0 Å². The molecule has 0 saturated carbocycles. The standard InChI is InChI=1S/C18H24N2O9.Mn/c1-29-14-4-2-12(3-5-14)6-13(20(10-17(25)26)11-18(27)28)7-19(8-15(21)22)9-16(23)24;/h2-5,13H,6-11H2,1H3,(H,21,22)(H,23,24)(H,25,26)(H,27,28);/q;+2. The summed E-state index contributed by atoms with van der Waals surface area (Å²) in [6, 6.07) is 6.03. The molecule has 1 aromatic rings. The predicted octanol–water partition coefficient (Wildman–Crippen LogP) is -0.454. The Balaban J connectivity index is 0.00000841. The maximum atomic E-state index is 11.2. The average Bonchev–Trinajstić information content (AvgIpc) is 2.59. The zero-order chi connectivity index (χ0) is 22.0. The first-order valence-electron chi connectivity index (χ1n) is 8.57. The minimum absolute atomic E-state index is 0. The Labute approximate surface area is 183 Å². The number of rotatable bonds is 14. The van der Waals surface area contributed by atoms with Crippen LogP contribution in [0.25, 0.3) is 0 Å². The van der Waals surface area contributed by atoms with E-state index in [9.17, 15) is 19.2 Å². The van der Waals surface area contributed by atoms with Crippen LogP contribution >= 0.6 is 0 Å². The van der Waals surface area contributed by atoms with Crippen LogP contribution in [0, 0.1) is 0 Å². The van der Waals surface area contributed by atoms with Gasteiger partial charge in [0.25, 0.3) is 0 Å². The molecule has 1 atom stereocenters. The molecule has 30 heavy (non-hydrogen) atoms. The fourth-order valence-corrected chi connectivity index (χ4v) is 2.87. The summed E-state index contributed by atoms with van der Waals surface area (Å²) in [5, 5.41) is 36.4. The summed E-state index contributed by atoms with van der Waals surface area (Å²) in [6.07, 6.45) is 0.181. The number of nitrogens with zero attached hydrogens (tertiary/aromatic N) is 2. The van der Waals surface area contributed by atoms with Crippen molar-refractivity contribution in [2.75, 3.05) is 39.8 Å². The zero-order valence-corrected chi connectivity index (χ0v) is 17.4. The molecule has 1 unspecified atom stereocenters. The number of ether oxygens (including phenoxy) is 1. The molecule has 0 saturated heterocycles. The second kappa shape index (κ2) is 13.5. The van der Waals surface area contributed by atoms with Crippen LogP contribution in [0.3, 0.4) is 0 Å². The molecule has 0 aliphatic rings. The maximum Gasteiger partial charge on any atom is 2.00 e. The third-order valence-electron chi connectivity index (χ3n) is 4.01. The topological polar surface area (TPSA) is 165 Å². The molecule has 1 radical (unpaired) electrons. The minimum atomic E-state index is -1.26. The summed E-state index contributed by atoms with van der Waals surface area (Å²) in [5.74, 6) is -4.42. The molecule has 0 amide bonds. The molecule has 0 bridgehead atoms. The van der Waals surface area contributed by atoms with Gasteiger partial charge in [0.05, 0.1) is 33.3 Å². The van der Waals surface area contributed by atoms with Gasteiger partial charge in [0, 0.05) is 12.6 Å². The molecular formula is C18H24MnN2O9+2. The van der Waals surface area contributed by atoms with E-state index in [2.05, 4.69) is 0 Å². The number of benzene rings is 1. The Morgan fingerprint density at radius 2 is 1.27 bits per heavy atom. The van der Waals surface area contributed by atoms with Crippen LogP contribution in [0.1, 0.15) is 5.56 Å². The summed E-state index contributed by atoms with van der Waals surface area (Å²) < 4.78 is 5.07. The minimum Gasteiger partial charge on any atom is -0.497 e. The van der Waals surface area contributed by atoms with Gasteiger partial charge in [-0.1, -0.05) is 12.1 Å². The fourth-order valence-electron chi connectivity index (χ4n) is 2.87. The molecule has 12 heteroatoms. The smallest absolute Gasteiger partial charge is 0.497 e. The van der Waals surface area contributed by atoms with Gasteiger partial charge in [-0.25, -0.2) is 0 Å². The third kappa shape index (κ3) is 10.8. The van der Waals surface area contributed by atoms with Crippen LogP contribution in [0.15, 0.2) is 24.3 Å². The van der Waals surface area contributed by atoms with Crippen molar-refractivity contribution in [3.63, 3.8) is 0 Å². The first-order valence-corrected chi connectivity index (χ1v) is 8.57. The third-order valence-corrected chi connectivity index (χ3v) is 4.01. The second-order valence-corrected chi connectivity index (χ2v) is 6.36. The summed E-state index contributed by atoms with van der Waals surface area (Å²) >= 11 is 0. The van der Waals surface area contributed by atoms with E-state index < -0.39 is 56.1 Å². The van der Waals surface area contributed by atoms with E-state index in [1.807, 2.05) is 0 Å². The van der Waals surface area contributed by atoms with Crippen LogP contribution in [-0.2, 0) is 42.7 Å². The number of carboxylic acid groups (broad SMARTS) is 4. The van der Waals surface area contributed by atoms with E-state index in [1.54, 1.807) is 24.3 Å². The average molecular weight is 467 g/mol. The number of aliphatic carboxylic acids is 4. The van der Waals surface area contributed by atoms with Gasteiger partial charge in [-0.05, 0) is 24.1 Å². The Hall–Kier alpha value is -2.66. The quantitative estimate of drug-likeness (QED) is 0.262. The van der Waals surface area contributed by atoms with E-state index in [0.29, 0.717) is 5.75 Å². The molecule has 1 aromatic carbocycles. The number of hydrogen-bond acceptors (Lipinski definition) is 7. The summed E-state index contributed by atoms with van der Waals surface area (Å²) in [5.41, 5.74) is 0.724. The van der Waals surface area contributed by atoms with E-state index in [1.165, 1.54) is 12.0 Å². The van der Waals surface area contributed by atoms with Gasteiger partial charge in [0.15, 0.2) is 0 Å². The Bertz CT molecular complexity index is 695. The van der Waals surface area contributed by atoms with Crippen molar-refractivity contribution in [2.45, 2.75) is 12.5 Å². The van der Waals surface area contributed by atoms with Gasteiger partial charge in [-0.2, -0.15) is 0 Å². The van der Waals surface area contributed by atoms with Crippen molar-refractivity contribution >= 4 is 23.9 Å². The largest absolute Gasteiger partial charge is 2.00 e. The zero-order valence-electron chi connectivity index (χ0n) is 16.2. The first-order chi connectivity index (χ1) is 13.6. The van der Waals surface area contributed by atoms with Crippen molar-refractivity contribution in [2.24, 2.45) is 0 Å². The van der Waals surface area contributed by atoms with Gasteiger partial charge in [0.1, 0.15) is 5.75 Å². The molecule has 165 valence electrons. The maximum absolute atomic E-state index is 11.2. The van der Waals surface area contributed by atoms with Crippen molar-refractivity contribution in [3.05, 3.63) is 29.8 Å². The Kier molecular flexibility index (Phi) is 12.3. The molecule has 0 aliphatic carbocycles. The number of methoxy groups -OCH3 is 1. The van der Waals surface area contributed by atoms with Gasteiger partial charge < -0.3 is 25.2 Å². The van der Waals surface area contributed by atoms with Crippen LogP contribution < -0.4 is 4.74 Å². The van der Waals surface area contributed by atoms with Crippen LogP contribution in [0.4, 0.5) is 0 Å². The summed E-state index contributed by atoms with van der Waals surface area (Å²) in [4.78, 5) is 46.9. The molecule has 0 heterocycles. The monoisotopic (exact) mass is 467 g/mol. The van der Waals surface area contributed by atoms with Crippen LogP contribution in [-0.4, -0.2) is 100.0 Å². The second-order valence-electron chi connectivity index (χ2n) is 6.36. The normalized spacial score (nSPS) is 11.6. The molecule has 1 rings (SSSR count). The fraction of sp³-hybridized carbons (Fsp3) is 0.444. The molecule has 0 aromatic heterocycles. The number of carbonyl (C=O) groups is 4. The van der Waals surface area contributed by atoms with Gasteiger partial charge in [0.2, 0.25) is 0 Å². The summed E-state index contributed by atoms with van der Waals surface area (Å²) in [7, 11) is 1.49. The van der Waals surface area contributed by atoms with Crippen molar-refractivity contribution in [3.8, 4) is 5.75 Å². The Morgan fingerprint density at radius 1 is 0.833 bits per heavy atom. The van der Waals surface area contributed by atoms with Crippen molar-refractivity contribution in [1.82, 2.24) is 9.80 Å². The molecule has 0 aliphatic heterocycles. The number of hydrogen-bond donors (Lipinski definition) is 4. The molecule has 0 fully saturated rings. The van der Waals surface area contributed by atoms with E-state index in [4.69, 9.17) is 25.2 Å². The SMILES string of the molecule is COc1ccc(CC(CN(CC(=O)O)CC(=O)O)N(CC(=O)O)CC(=O)O)cc1.[Mn+2]. The molecule has 11 nitrogen and oxygen atoms in total. The predicted molar refractivity (Wildman–Crippen MR) is 99.0 cm³/mol. The molecular weight excluding hydrogens is 443 g/mol. The molecule has 0 spiro atoms. The summed E-state index contributed by atoms with van der Waals surface area (Å²) in [6.45, 7) is -2.51. The van der Waals surface area contributed by atoms with Crippen molar-refractivity contribution in [1.29, 1.82) is 0 Å². The van der Waals surface area contributed by atoms with E-state index >= 15 is 0 Å². The van der Waals surface area contributed by atoms with Crippen LogP contribution in [0.5, 0.6) is 5.75 Å².